The lowest BCUT2D eigenvalue weighted by Gasteiger charge is -2.08. The number of nitrogens with two attached hydrogens (primary N) is 1. The van der Waals surface area contributed by atoms with Crippen molar-refractivity contribution in [1.82, 2.24) is 14.3 Å². The van der Waals surface area contributed by atoms with E-state index in [0.717, 1.165) is 23.6 Å². The van der Waals surface area contributed by atoms with Gasteiger partial charge in [-0.3, -0.25) is 19.1 Å². The normalized spacial score (nSPS) is 10.8. The quantitative estimate of drug-likeness (QED) is 0.413. The molecular weight excluding hydrogens is 469 g/mol. The van der Waals surface area contributed by atoms with Crippen molar-refractivity contribution in [1.29, 1.82) is 0 Å². The summed E-state index contributed by atoms with van der Waals surface area (Å²) in [5.41, 5.74) is 4.86. The summed E-state index contributed by atoms with van der Waals surface area (Å²) in [6.45, 7) is -1.07. The van der Waals surface area contributed by atoms with E-state index in [9.17, 15) is 27.6 Å². The summed E-state index contributed by atoms with van der Waals surface area (Å²) in [6.07, 6.45) is 0.829. The maximum absolute atomic E-state index is 13.8. The summed E-state index contributed by atoms with van der Waals surface area (Å²) in [5.74, 6) is 3.39. The number of alkyl halides is 2. The number of pyridine rings is 1. The van der Waals surface area contributed by atoms with Crippen molar-refractivity contribution < 1.29 is 22.8 Å². The van der Waals surface area contributed by atoms with Crippen molar-refractivity contribution in [2.45, 2.75) is 25.9 Å². The number of thiophene rings is 1. The van der Waals surface area contributed by atoms with Gasteiger partial charge in [0.05, 0.1) is 28.7 Å². The number of primary amides is 1. The van der Waals surface area contributed by atoms with Gasteiger partial charge in [-0.2, -0.15) is 5.10 Å². The third-order valence-corrected chi connectivity index (χ3v) is 5.45. The molecule has 0 saturated heterocycles. The number of halogens is 4. The minimum atomic E-state index is -2.85. The number of carbonyl (C=O) groups is 2. The smallest absolute Gasteiger partial charge is 0.286 e. The van der Waals surface area contributed by atoms with Crippen molar-refractivity contribution in [3.05, 3.63) is 72.8 Å². The summed E-state index contributed by atoms with van der Waals surface area (Å²) < 4.78 is 41.1. The van der Waals surface area contributed by atoms with E-state index in [2.05, 4.69) is 16.9 Å². The molecular formula is C20H14ClF3N4O3S. The number of ketones is 1. The zero-order chi connectivity index (χ0) is 23.4. The Morgan fingerprint density at radius 2 is 2.00 bits per heavy atom. The third kappa shape index (κ3) is 5.87. The summed E-state index contributed by atoms with van der Waals surface area (Å²) in [6, 6.07) is 2.31. The number of rotatable bonds is 7. The van der Waals surface area contributed by atoms with E-state index >= 15 is 0 Å². The maximum atomic E-state index is 13.8. The van der Waals surface area contributed by atoms with Crippen LogP contribution in [-0.4, -0.2) is 32.5 Å². The monoisotopic (exact) mass is 482 g/mol. The van der Waals surface area contributed by atoms with Gasteiger partial charge in [-0.25, -0.2) is 13.2 Å². The molecule has 1 amide bonds. The number of aromatic nitrogens is 3. The van der Waals surface area contributed by atoms with Crippen LogP contribution in [-0.2, 0) is 24.3 Å². The van der Waals surface area contributed by atoms with Crippen molar-refractivity contribution in [2.24, 2.45) is 5.73 Å². The second-order valence-electron chi connectivity index (χ2n) is 6.59. The van der Waals surface area contributed by atoms with E-state index in [-0.39, 0.29) is 27.7 Å². The predicted octanol–water partition coefficient (Wildman–Crippen LogP) is 2.47. The fourth-order valence-corrected chi connectivity index (χ4v) is 3.84. The van der Waals surface area contributed by atoms with Gasteiger partial charge in [0, 0.05) is 18.8 Å². The number of nitrogens with zero attached hydrogens (tertiary/aromatic N) is 3. The second kappa shape index (κ2) is 9.84. The Kier molecular flexibility index (Phi) is 7.17. The molecule has 3 rings (SSSR count). The minimum absolute atomic E-state index is 0.0757. The number of Topliss-reactive ketones (excluding diaryl/α,β-unsaturated/α-hetero) is 1. The Morgan fingerprint density at radius 1 is 1.25 bits per heavy atom. The van der Waals surface area contributed by atoms with Gasteiger partial charge in [0.25, 0.3) is 12.0 Å². The Balaban J connectivity index is 1.77. The molecule has 0 spiro atoms. The van der Waals surface area contributed by atoms with Gasteiger partial charge in [0.15, 0.2) is 11.6 Å². The number of carbonyl (C=O) groups excluding carboxylic acids is 2. The molecule has 3 heterocycles. The lowest BCUT2D eigenvalue weighted by atomic mass is 10.1. The fraction of sp³-hybridized carbons (Fsp3) is 0.200. The van der Waals surface area contributed by atoms with Crippen LogP contribution in [0.5, 0.6) is 0 Å². The van der Waals surface area contributed by atoms with E-state index in [4.69, 9.17) is 17.3 Å². The van der Waals surface area contributed by atoms with Crippen LogP contribution >= 0.6 is 22.9 Å². The van der Waals surface area contributed by atoms with Crippen molar-refractivity contribution in [3.63, 3.8) is 0 Å². The van der Waals surface area contributed by atoms with E-state index in [1.807, 2.05) is 0 Å². The molecule has 3 aromatic rings. The first-order valence-electron chi connectivity index (χ1n) is 8.94. The molecule has 7 nitrogen and oxygen atoms in total. The van der Waals surface area contributed by atoms with Gasteiger partial charge in [0.1, 0.15) is 10.9 Å². The van der Waals surface area contributed by atoms with Gasteiger partial charge in [0.2, 0.25) is 5.91 Å². The topological polar surface area (TPSA) is 100.0 Å². The molecule has 0 saturated carbocycles. The summed E-state index contributed by atoms with van der Waals surface area (Å²) in [5, 5.41) is 3.94. The van der Waals surface area contributed by atoms with Crippen LogP contribution in [0.15, 0.2) is 35.5 Å². The van der Waals surface area contributed by atoms with E-state index in [1.54, 1.807) is 0 Å². The van der Waals surface area contributed by atoms with E-state index < -0.39 is 36.0 Å². The first-order chi connectivity index (χ1) is 15.1. The van der Waals surface area contributed by atoms with Crippen molar-refractivity contribution >= 4 is 34.6 Å². The summed E-state index contributed by atoms with van der Waals surface area (Å²) in [7, 11) is 0. The molecule has 2 N–H and O–H groups in total. The minimum Gasteiger partial charge on any atom is -0.368 e. The highest BCUT2D eigenvalue weighted by atomic mass is 35.5. The highest BCUT2D eigenvalue weighted by Gasteiger charge is 2.16. The first kappa shape index (κ1) is 23.3. The average molecular weight is 483 g/mol. The largest absolute Gasteiger partial charge is 0.368 e. The lowest BCUT2D eigenvalue weighted by molar-refractivity contribution is -0.118. The molecule has 0 fully saturated rings. The molecule has 0 unspecified atom stereocenters. The lowest BCUT2D eigenvalue weighted by Crippen LogP contribution is -2.26. The Labute approximate surface area is 188 Å². The van der Waals surface area contributed by atoms with Crippen LogP contribution in [0.3, 0.4) is 0 Å². The number of hydrogen-bond donors (Lipinski definition) is 1. The molecule has 0 aliphatic heterocycles. The molecule has 166 valence electrons. The Bertz CT molecular complexity index is 1300. The highest BCUT2D eigenvalue weighted by molar-refractivity contribution is 7.18. The van der Waals surface area contributed by atoms with Crippen LogP contribution in [0.25, 0.3) is 0 Å². The molecule has 0 aliphatic rings. The van der Waals surface area contributed by atoms with Gasteiger partial charge < -0.3 is 10.3 Å². The van der Waals surface area contributed by atoms with Crippen LogP contribution in [0.2, 0.25) is 4.34 Å². The number of hydrogen-bond acceptors (Lipinski definition) is 5. The third-order valence-electron chi connectivity index (χ3n) is 4.05. The van der Waals surface area contributed by atoms with Crippen molar-refractivity contribution in [2.75, 3.05) is 0 Å². The van der Waals surface area contributed by atoms with Gasteiger partial charge in [-0.05, 0) is 17.7 Å². The second-order valence-corrected chi connectivity index (χ2v) is 8.24. The average Bonchev–Trinajstić information content (AvgIpc) is 3.29. The molecule has 0 bridgehead atoms. The van der Waals surface area contributed by atoms with Crippen molar-refractivity contribution in [3.8, 4) is 11.8 Å². The molecule has 32 heavy (non-hydrogen) atoms. The Hall–Kier alpha value is -3.36. The summed E-state index contributed by atoms with van der Waals surface area (Å²) >= 11 is 7.12. The first-order valence-corrected chi connectivity index (χ1v) is 10.1. The molecule has 3 aromatic heterocycles. The molecule has 0 aliphatic carbocycles. The van der Waals surface area contributed by atoms with Crippen LogP contribution in [0.1, 0.15) is 26.4 Å². The highest BCUT2D eigenvalue weighted by Crippen LogP contribution is 2.28. The standard InChI is InChI=1S/C20H14ClF3N4O3S/c21-19-13(2-1-11-6-26-28(8-11)10-18(25)30)5-16(32-19)15(29)4-12-3-14(22)20(31)27(7-12)9-17(23)24/h3,5-8,17H,4,9-10H2,(H2,25,30). The molecule has 0 atom stereocenters. The van der Waals surface area contributed by atoms with Crippen LogP contribution < -0.4 is 11.3 Å². The number of amides is 1. The van der Waals surface area contributed by atoms with Gasteiger partial charge >= 0.3 is 0 Å². The zero-order valence-electron chi connectivity index (χ0n) is 16.1. The van der Waals surface area contributed by atoms with Gasteiger partial charge in [-0.1, -0.05) is 23.4 Å². The van der Waals surface area contributed by atoms with Gasteiger partial charge in [-0.15, -0.1) is 11.3 Å². The predicted molar refractivity (Wildman–Crippen MR) is 111 cm³/mol. The fourth-order valence-electron chi connectivity index (χ4n) is 2.72. The van der Waals surface area contributed by atoms with Crippen LogP contribution in [0.4, 0.5) is 13.2 Å². The SMILES string of the molecule is NC(=O)Cn1cc(C#Cc2cc(C(=O)Cc3cc(F)c(=O)n(CC(F)F)c3)sc2Cl)cn1. The molecule has 12 heteroatoms. The Morgan fingerprint density at radius 3 is 2.69 bits per heavy atom. The molecule has 0 radical (unpaired) electrons. The maximum Gasteiger partial charge on any atom is 0.286 e. The van der Waals surface area contributed by atoms with Crippen LogP contribution in [0, 0.1) is 17.7 Å². The summed E-state index contributed by atoms with van der Waals surface area (Å²) in [4.78, 5) is 35.3. The van der Waals surface area contributed by atoms with E-state index in [0.29, 0.717) is 15.7 Å². The van der Waals surface area contributed by atoms with E-state index in [1.165, 1.54) is 23.1 Å². The zero-order valence-corrected chi connectivity index (χ0v) is 17.7. The molecule has 0 aromatic carbocycles.